The Labute approximate surface area is 57.4 Å². The predicted octanol–water partition coefficient (Wildman–Crippen LogP) is 2.17. The van der Waals surface area contributed by atoms with Crippen LogP contribution in [-0.4, -0.2) is 12.2 Å². The van der Waals surface area contributed by atoms with Crippen molar-refractivity contribution in [2.24, 2.45) is 0 Å². The molecule has 0 N–H and O–H groups in total. The van der Waals surface area contributed by atoms with Crippen LogP contribution in [0.3, 0.4) is 0 Å². The molecule has 1 aliphatic heterocycles. The lowest BCUT2D eigenvalue weighted by Crippen LogP contribution is -1.91. The quantitative estimate of drug-likeness (QED) is 0.527. The molecule has 0 amide bonds. The molecule has 0 aromatic rings. The second-order valence-corrected chi connectivity index (χ2v) is 2.64. The van der Waals surface area contributed by atoms with Crippen molar-refractivity contribution in [1.82, 2.24) is 0 Å². The molecule has 0 aromatic heterocycles. The van der Waals surface area contributed by atoms with Gasteiger partial charge in [0.25, 0.3) is 0 Å². The number of ether oxygens (including phenoxy) is 1. The van der Waals surface area contributed by atoms with Crippen LogP contribution in [0.25, 0.3) is 0 Å². The van der Waals surface area contributed by atoms with E-state index in [0.717, 1.165) is 12.8 Å². The van der Waals surface area contributed by atoms with Crippen molar-refractivity contribution in [1.29, 1.82) is 0 Å². The van der Waals surface area contributed by atoms with Crippen molar-refractivity contribution in [2.45, 2.75) is 44.8 Å². The number of epoxide rings is 1. The molecule has 9 heavy (non-hydrogen) atoms. The Kier molecular flexibility index (Phi) is 2.52. The Morgan fingerprint density at radius 3 is 2.56 bits per heavy atom. The van der Waals surface area contributed by atoms with Crippen LogP contribution in [0, 0.1) is 6.92 Å². The van der Waals surface area contributed by atoms with Crippen molar-refractivity contribution in [3.63, 3.8) is 0 Å². The van der Waals surface area contributed by atoms with Gasteiger partial charge in [0, 0.05) is 0 Å². The van der Waals surface area contributed by atoms with Crippen LogP contribution in [0.4, 0.5) is 0 Å². The molecule has 0 aromatic carbocycles. The molecular formula is C8H15O. The monoisotopic (exact) mass is 127 g/mol. The molecule has 53 valence electrons. The van der Waals surface area contributed by atoms with Gasteiger partial charge in [-0.25, -0.2) is 0 Å². The van der Waals surface area contributed by atoms with Crippen molar-refractivity contribution in [3.8, 4) is 0 Å². The molecule has 1 radical (unpaired) electrons. The zero-order valence-corrected chi connectivity index (χ0v) is 6.10. The van der Waals surface area contributed by atoms with Gasteiger partial charge in [-0.1, -0.05) is 26.7 Å². The molecule has 1 heteroatoms. The van der Waals surface area contributed by atoms with Gasteiger partial charge in [-0.2, -0.15) is 0 Å². The fraction of sp³-hybridized carbons (Fsp3) is 0.875. The van der Waals surface area contributed by atoms with E-state index in [1.165, 1.54) is 12.8 Å². The third-order valence-electron chi connectivity index (χ3n) is 1.75. The number of hydrogen-bond acceptors (Lipinski definition) is 1. The number of rotatable bonds is 4. The summed E-state index contributed by atoms with van der Waals surface area (Å²) in [4.78, 5) is 0. The summed E-state index contributed by atoms with van der Waals surface area (Å²) in [6.45, 7) is 5.98. The third kappa shape index (κ3) is 1.98. The highest BCUT2D eigenvalue weighted by Gasteiger charge is 2.36. The zero-order valence-electron chi connectivity index (χ0n) is 6.10. The Morgan fingerprint density at radius 2 is 2.00 bits per heavy atom. The van der Waals surface area contributed by atoms with Crippen LogP contribution in [0.1, 0.15) is 32.6 Å². The van der Waals surface area contributed by atoms with Crippen LogP contribution in [0.15, 0.2) is 0 Å². The van der Waals surface area contributed by atoms with Crippen molar-refractivity contribution < 1.29 is 4.74 Å². The predicted molar refractivity (Wildman–Crippen MR) is 38.2 cm³/mol. The Balaban J connectivity index is 1.96. The van der Waals surface area contributed by atoms with Gasteiger partial charge in [0.1, 0.15) is 0 Å². The molecule has 1 heterocycles. The minimum absolute atomic E-state index is 0.572. The van der Waals surface area contributed by atoms with Crippen molar-refractivity contribution in [2.75, 3.05) is 0 Å². The summed E-state index contributed by atoms with van der Waals surface area (Å²) >= 11 is 0. The van der Waals surface area contributed by atoms with Gasteiger partial charge in [0.05, 0.1) is 12.2 Å². The molecular weight excluding hydrogens is 112 g/mol. The van der Waals surface area contributed by atoms with Crippen LogP contribution < -0.4 is 0 Å². The zero-order chi connectivity index (χ0) is 6.69. The Hall–Kier alpha value is -0.0400. The highest BCUT2D eigenvalue weighted by molar-refractivity contribution is 4.83. The molecule has 0 spiro atoms. The molecule has 2 unspecified atom stereocenters. The molecule has 0 aliphatic carbocycles. The van der Waals surface area contributed by atoms with Crippen LogP contribution in [0.2, 0.25) is 0 Å². The van der Waals surface area contributed by atoms with Crippen LogP contribution in [0.5, 0.6) is 0 Å². The summed E-state index contributed by atoms with van der Waals surface area (Å²) < 4.78 is 5.36. The van der Waals surface area contributed by atoms with E-state index in [0.29, 0.717) is 12.2 Å². The van der Waals surface area contributed by atoms with Gasteiger partial charge in [-0.3, -0.25) is 0 Å². The van der Waals surface area contributed by atoms with Gasteiger partial charge < -0.3 is 4.74 Å². The highest BCUT2D eigenvalue weighted by atomic mass is 16.6. The van der Waals surface area contributed by atoms with E-state index >= 15 is 0 Å². The van der Waals surface area contributed by atoms with E-state index in [-0.39, 0.29) is 0 Å². The first-order valence-corrected chi connectivity index (χ1v) is 3.83. The SMILES string of the molecule is [CH2]CCC1OC1CCC. The van der Waals surface area contributed by atoms with Crippen LogP contribution in [-0.2, 0) is 4.74 Å². The lowest BCUT2D eigenvalue weighted by Gasteiger charge is -1.87. The fourth-order valence-electron chi connectivity index (χ4n) is 1.17. The highest BCUT2D eigenvalue weighted by Crippen LogP contribution is 2.29. The molecule has 1 aliphatic rings. The molecule has 0 saturated carbocycles. The summed E-state index contributed by atoms with van der Waals surface area (Å²) in [6, 6.07) is 0. The number of hydrogen-bond donors (Lipinski definition) is 0. The summed E-state index contributed by atoms with van der Waals surface area (Å²) in [5.74, 6) is 0. The molecule has 1 nitrogen and oxygen atoms in total. The van der Waals surface area contributed by atoms with E-state index in [2.05, 4.69) is 13.8 Å². The average molecular weight is 127 g/mol. The van der Waals surface area contributed by atoms with Gasteiger partial charge in [0.15, 0.2) is 0 Å². The van der Waals surface area contributed by atoms with Crippen LogP contribution >= 0.6 is 0 Å². The largest absolute Gasteiger partial charge is 0.370 e. The Morgan fingerprint density at radius 1 is 1.33 bits per heavy atom. The molecule has 0 bridgehead atoms. The second kappa shape index (κ2) is 3.21. The standard InChI is InChI=1S/C8H15O/c1-3-5-7-8(9-7)6-4-2/h7-8H,1,3-6H2,2H3. The molecule has 1 rings (SSSR count). The van der Waals surface area contributed by atoms with Gasteiger partial charge in [-0.15, -0.1) is 0 Å². The molecule has 2 atom stereocenters. The van der Waals surface area contributed by atoms with E-state index in [1.54, 1.807) is 0 Å². The molecule has 1 fully saturated rings. The smallest absolute Gasteiger partial charge is 0.0841 e. The second-order valence-electron chi connectivity index (χ2n) is 2.64. The third-order valence-corrected chi connectivity index (χ3v) is 1.75. The van der Waals surface area contributed by atoms with E-state index in [1.807, 2.05) is 0 Å². The topological polar surface area (TPSA) is 12.5 Å². The normalized spacial score (nSPS) is 32.7. The summed E-state index contributed by atoms with van der Waals surface area (Å²) in [5, 5.41) is 0. The first-order valence-electron chi connectivity index (χ1n) is 3.83. The lowest BCUT2D eigenvalue weighted by molar-refractivity contribution is 0.356. The average Bonchev–Trinajstić information content (AvgIpc) is 2.50. The first-order chi connectivity index (χ1) is 4.38. The van der Waals surface area contributed by atoms with E-state index < -0.39 is 0 Å². The maximum atomic E-state index is 5.36. The van der Waals surface area contributed by atoms with Gasteiger partial charge in [0.2, 0.25) is 0 Å². The lowest BCUT2D eigenvalue weighted by atomic mass is 10.1. The molecule has 1 saturated heterocycles. The Bertz CT molecular complexity index is 70.6. The van der Waals surface area contributed by atoms with E-state index in [4.69, 9.17) is 4.74 Å². The summed E-state index contributed by atoms with van der Waals surface area (Å²) in [5.41, 5.74) is 0. The maximum absolute atomic E-state index is 5.36. The van der Waals surface area contributed by atoms with Crippen molar-refractivity contribution in [3.05, 3.63) is 6.92 Å². The minimum atomic E-state index is 0.572. The minimum Gasteiger partial charge on any atom is -0.370 e. The van der Waals surface area contributed by atoms with Gasteiger partial charge >= 0.3 is 0 Å². The summed E-state index contributed by atoms with van der Waals surface area (Å²) in [7, 11) is 0. The van der Waals surface area contributed by atoms with Crippen molar-refractivity contribution >= 4 is 0 Å². The van der Waals surface area contributed by atoms with E-state index in [9.17, 15) is 0 Å². The maximum Gasteiger partial charge on any atom is 0.0841 e. The fourth-order valence-corrected chi connectivity index (χ4v) is 1.17. The van der Waals surface area contributed by atoms with Gasteiger partial charge in [-0.05, 0) is 12.8 Å². The summed E-state index contributed by atoms with van der Waals surface area (Å²) in [6.07, 6.45) is 5.83. The first kappa shape index (κ1) is 7.07.